The number of hydrogen-bond acceptors (Lipinski definition) is 0. The van der Waals surface area contributed by atoms with Crippen LogP contribution in [0.3, 0.4) is 0 Å². The third kappa shape index (κ3) is 5.03. The average Bonchev–Trinajstić information content (AvgIpc) is 2.26. The smallest absolute Gasteiger partial charge is 0.665 e. The van der Waals surface area contributed by atoms with Gasteiger partial charge in [-0.25, -0.2) is 0 Å². The molecular formula is C18H42KNSi2. The SMILES string of the molecule is CC(C)[Si]([N-][Si](C(C)C)(C(C)C)C(C)C)(C(C)C)C(C)C.[K+]. The minimum atomic E-state index is -1.66. The summed E-state index contributed by atoms with van der Waals surface area (Å²) < 4.78 is 6.01. The molecule has 128 valence electrons. The molecule has 0 aliphatic carbocycles. The van der Waals surface area contributed by atoms with Crippen molar-refractivity contribution >= 4 is 16.5 Å². The Hall–Kier alpha value is 2.03. The molecule has 0 amide bonds. The molecule has 0 aromatic carbocycles. The van der Waals surface area contributed by atoms with Crippen LogP contribution in [0.5, 0.6) is 0 Å². The van der Waals surface area contributed by atoms with Crippen molar-refractivity contribution in [2.45, 2.75) is 116 Å². The van der Waals surface area contributed by atoms with Gasteiger partial charge in [-0.05, 0) is 16.5 Å². The van der Waals surface area contributed by atoms with Crippen LogP contribution in [0, 0.1) is 0 Å². The second kappa shape index (κ2) is 10.2. The summed E-state index contributed by atoms with van der Waals surface area (Å²) in [5.74, 6) is 0. The van der Waals surface area contributed by atoms with E-state index < -0.39 is 16.5 Å². The van der Waals surface area contributed by atoms with E-state index in [9.17, 15) is 0 Å². The van der Waals surface area contributed by atoms with E-state index in [1.54, 1.807) is 0 Å². The predicted molar refractivity (Wildman–Crippen MR) is 105 cm³/mol. The van der Waals surface area contributed by atoms with E-state index in [0.29, 0.717) is 0 Å². The maximum absolute atomic E-state index is 6.01. The Kier molecular flexibility index (Phi) is 12.2. The topological polar surface area (TPSA) is 14.1 Å². The molecule has 0 aromatic rings. The Morgan fingerprint density at radius 2 is 0.545 bits per heavy atom. The van der Waals surface area contributed by atoms with Crippen LogP contribution in [0.15, 0.2) is 0 Å². The van der Waals surface area contributed by atoms with Gasteiger partial charge in [-0.3, -0.25) is 0 Å². The second-order valence-electron chi connectivity index (χ2n) is 8.81. The minimum absolute atomic E-state index is 0. The molecule has 0 heterocycles. The van der Waals surface area contributed by atoms with Crippen molar-refractivity contribution in [1.29, 1.82) is 0 Å². The molecule has 0 radical (unpaired) electrons. The van der Waals surface area contributed by atoms with Gasteiger partial charge in [0, 0.05) is 0 Å². The van der Waals surface area contributed by atoms with Crippen molar-refractivity contribution in [3.8, 4) is 0 Å². The predicted octanol–water partition coefficient (Wildman–Crippen LogP) is 4.72. The first kappa shape index (κ1) is 26.3. The van der Waals surface area contributed by atoms with E-state index in [1.165, 1.54) is 0 Å². The minimum Gasteiger partial charge on any atom is -0.665 e. The van der Waals surface area contributed by atoms with Gasteiger partial charge in [0.15, 0.2) is 0 Å². The monoisotopic (exact) mass is 367 g/mol. The van der Waals surface area contributed by atoms with E-state index in [4.69, 9.17) is 4.65 Å². The molecule has 0 aliphatic rings. The summed E-state index contributed by atoms with van der Waals surface area (Å²) in [4.78, 5) is 0. The van der Waals surface area contributed by atoms with E-state index in [1.807, 2.05) is 0 Å². The molecule has 0 saturated heterocycles. The molecule has 0 saturated carbocycles. The molecule has 0 N–H and O–H groups in total. The number of nitrogens with zero attached hydrogens (tertiary/aromatic N) is 1. The molecule has 0 aliphatic heterocycles. The zero-order valence-corrected chi connectivity index (χ0v) is 23.0. The van der Waals surface area contributed by atoms with E-state index in [-0.39, 0.29) is 51.4 Å². The maximum Gasteiger partial charge on any atom is 1.00 e. The standard InChI is InChI=1S/C18H42NSi2.K/c1-13(2)20(14(3)4,15(5)6)19-21(16(7)8,17(9)10)18(11)12;/h13-18H,1-12H3;/q-1;+1. The Labute approximate surface area is 186 Å². The van der Waals surface area contributed by atoms with E-state index >= 15 is 0 Å². The molecule has 0 bridgehead atoms. The van der Waals surface area contributed by atoms with Crippen molar-refractivity contribution in [1.82, 2.24) is 0 Å². The number of rotatable bonds is 8. The van der Waals surface area contributed by atoms with Gasteiger partial charge in [-0.15, -0.1) is 0 Å². The largest absolute Gasteiger partial charge is 1.00 e. The molecule has 0 fully saturated rings. The quantitative estimate of drug-likeness (QED) is 0.551. The van der Waals surface area contributed by atoms with Crippen LogP contribution in [0.25, 0.3) is 4.65 Å². The normalized spacial score (nSPS) is 13.9. The summed E-state index contributed by atoms with van der Waals surface area (Å²) in [5, 5.41) is 0. The molecule has 1 nitrogen and oxygen atoms in total. The Bertz CT molecular complexity index is 239. The molecule has 0 spiro atoms. The van der Waals surface area contributed by atoms with Crippen LogP contribution >= 0.6 is 0 Å². The van der Waals surface area contributed by atoms with Gasteiger partial charge in [0.05, 0.1) is 0 Å². The summed E-state index contributed by atoms with van der Waals surface area (Å²) in [6, 6.07) is 0. The molecule has 4 heteroatoms. The summed E-state index contributed by atoms with van der Waals surface area (Å²) in [6.45, 7) is 29.3. The van der Waals surface area contributed by atoms with Gasteiger partial charge < -0.3 is 4.65 Å². The maximum atomic E-state index is 6.01. The third-order valence-electron chi connectivity index (χ3n) is 5.94. The van der Waals surface area contributed by atoms with Crippen LogP contribution in [-0.4, -0.2) is 16.5 Å². The van der Waals surface area contributed by atoms with Gasteiger partial charge >= 0.3 is 51.4 Å². The molecule has 0 unspecified atom stereocenters. The fraction of sp³-hybridized carbons (Fsp3) is 1.00. The van der Waals surface area contributed by atoms with Gasteiger partial charge in [0.1, 0.15) is 0 Å². The molecule has 0 rings (SSSR count). The van der Waals surface area contributed by atoms with Crippen LogP contribution < -0.4 is 51.4 Å². The van der Waals surface area contributed by atoms with Crippen LogP contribution in [0.2, 0.25) is 33.2 Å². The molecule has 0 aromatic heterocycles. The first-order chi connectivity index (χ1) is 9.37. The molecule has 22 heavy (non-hydrogen) atoms. The first-order valence-corrected chi connectivity index (χ1v) is 13.5. The van der Waals surface area contributed by atoms with Crippen LogP contribution in [0.4, 0.5) is 0 Å². The van der Waals surface area contributed by atoms with Crippen LogP contribution in [0.1, 0.15) is 83.1 Å². The summed E-state index contributed by atoms with van der Waals surface area (Å²) in [6.07, 6.45) is 0. The number of hydrogen-bond donors (Lipinski definition) is 0. The van der Waals surface area contributed by atoms with Gasteiger partial charge in [0.2, 0.25) is 0 Å². The fourth-order valence-corrected chi connectivity index (χ4v) is 22.0. The van der Waals surface area contributed by atoms with Gasteiger partial charge in [0.25, 0.3) is 0 Å². The Balaban J connectivity index is 0. The summed E-state index contributed by atoms with van der Waals surface area (Å²) in [5.41, 5.74) is 4.42. The van der Waals surface area contributed by atoms with Crippen molar-refractivity contribution in [3.05, 3.63) is 4.65 Å². The first-order valence-electron chi connectivity index (χ1n) is 9.11. The Morgan fingerprint density at radius 1 is 0.409 bits per heavy atom. The van der Waals surface area contributed by atoms with Crippen molar-refractivity contribution in [3.63, 3.8) is 0 Å². The average molecular weight is 368 g/mol. The van der Waals surface area contributed by atoms with Gasteiger partial charge in [-0.1, -0.05) is 116 Å². The summed E-state index contributed by atoms with van der Waals surface area (Å²) in [7, 11) is -3.33. The van der Waals surface area contributed by atoms with E-state index in [0.717, 1.165) is 33.2 Å². The Morgan fingerprint density at radius 3 is 0.636 bits per heavy atom. The van der Waals surface area contributed by atoms with Crippen LogP contribution in [-0.2, 0) is 0 Å². The molecular weight excluding hydrogens is 325 g/mol. The van der Waals surface area contributed by atoms with Gasteiger partial charge in [-0.2, -0.15) is 0 Å². The molecule has 0 atom stereocenters. The zero-order valence-electron chi connectivity index (χ0n) is 17.9. The fourth-order valence-electron chi connectivity index (χ4n) is 5.11. The third-order valence-corrected chi connectivity index (χ3v) is 20.1. The van der Waals surface area contributed by atoms with E-state index in [2.05, 4.69) is 83.1 Å². The van der Waals surface area contributed by atoms with Crippen molar-refractivity contribution < 1.29 is 51.4 Å². The zero-order chi connectivity index (χ0) is 17.2. The van der Waals surface area contributed by atoms with Crippen molar-refractivity contribution in [2.75, 3.05) is 0 Å². The second-order valence-corrected chi connectivity index (χ2v) is 20.2. The summed E-state index contributed by atoms with van der Waals surface area (Å²) >= 11 is 0. The van der Waals surface area contributed by atoms with Crippen molar-refractivity contribution in [2.24, 2.45) is 0 Å².